The molecular formula is C13H9FS. The maximum Gasteiger partial charge on any atom is 0.131 e. The molecule has 2 rings (SSSR count). The molecule has 0 saturated carbocycles. The van der Waals surface area contributed by atoms with Crippen molar-refractivity contribution in [3.63, 3.8) is 0 Å². The Balaban J connectivity index is 2.72. The molecule has 0 radical (unpaired) electrons. The van der Waals surface area contributed by atoms with E-state index in [9.17, 15) is 4.39 Å². The van der Waals surface area contributed by atoms with Gasteiger partial charge in [0.15, 0.2) is 0 Å². The van der Waals surface area contributed by atoms with Crippen LogP contribution in [0.2, 0.25) is 0 Å². The monoisotopic (exact) mass is 216 g/mol. The highest BCUT2D eigenvalue weighted by atomic mass is 32.1. The van der Waals surface area contributed by atoms with Crippen molar-refractivity contribution in [2.45, 2.75) is 0 Å². The van der Waals surface area contributed by atoms with Crippen molar-refractivity contribution in [2.24, 2.45) is 0 Å². The van der Waals surface area contributed by atoms with E-state index in [1.165, 1.54) is 6.07 Å². The van der Waals surface area contributed by atoms with Crippen LogP contribution in [-0.2, 0) is 0 Å². The summed E-state index contributed by atoms with van der Waals surface area (Å²) in [5.41, 5.74) is 0.848. The van der Waals surface area contributed by atoms with Crippen LogP contribution in [0.1, 0.15) is 5.56 Å². The lowest BCUT2D eigenvalue weighted by molar-refractivity contribution is 0.640. The van der Waals surface area contributed by atoms with Crippen LogP contribution in [0.3, 0.4) is 0 Å². The molecule has 0 saturated heterocycles. The van der Waals surface area contributed by atoms with E-state index in [1.807, 2.05) is 18.2 Å². The van der Waals surface area contributed by atoms with E-state index < -0.39 is 0 Å². The van der Waals surface area contributed by atoms with Crippen molar-refractivity contribution in [1.29, 1.82) is 0 Å². The maximum atomic E-state index is 13.4. The maximum absolute atomic E-state index is 13.4. The van der Waals surface area contributed by atoms with Gasteiger partial charge in [0.2, 0.25) is 0 Å². The number of halogens is 1. The minimum atomic E-state index is -0.206. The van der Waals surface area contributed by atoms with Crippen LogP contribution in [0.15, 0.2) is 36.4 Å². The van der Waals surface area contributed by atoms with E-state index in [4.69, 9.17) is 0 Å². The van der Waals surface area contributed by atoms with Crippen molar-refractivity contribution >= 4 is 23.4 Å². The second kappa shape index (κ2) is 4.37. The van der Waals surface area contributed by atoms with Crippen LogP contribution < -0.4 is 0 Å². The van der Waals surface area contributed by atoms with Gasteiger partial charge in [-0.15, -0.1) is 0 Å². The molecule has 0 heterocycles. The summed E-state index contributed by atoms with van der Waals surface area (Å²) in [7, 11) is 0. The van der Waals surface area contributed by atoms with Crippen molar-refractivity contribution in [3.8, 4) is 11.8 Å². The van der Waals surface area contributed by atoms with E-state index in [1.54, 1.807) is 12.1 Å². The summed E-state index contributed by atoms with van der Waals surface area (Å²) in [6.07, 6.45) is 0. The average Bonchev–Trinajstić information content (AvgIpc) is 2.29. The minimum absolute atomic E-state index is 0.206. The Morgan fingerprint density at radius 2 is 1.80 bits per heavy atom. The number of rotatable bonds is 0. The van der Waals surface area contributed by atoms with Gasteiger partial charge >= 0.3 is 0 Å². The number of hydrogen-bond acceptors (Lipinski definition) is 1. The van der Waals surface area contributed by atoms with Crippen LogP contribution in [0, 0.1) is 17.7 Å². The van der Waals surface area contributed by atoms with Crippen molar-refractivity contribution in [1.82, 2.24) is 0 Å². The molecule has 0 fully saturated rings. The first kappa shape index (κ1) is 10.1. The summed E-state index contributed by atoms with van der Waals surface area (Å²) < 4.78 is 13.4. The zero-order chi connectivity index (χ0) is 10.7. The van der Waals surface area contributed by atoms with E-state index >= 15 is 0 Å². The van der Waals surface area contributed by atoms with Gasteiger partial charge < -0.3 is 0 Å². The van der Waals surface area contributed by atoms with Crippen molar-refractivity contribution in [2.75, 3.05) is 5.75 Å². The first-order valence-corrected chi connectivity index (χ1v) is 5.23. The van der Waals surface area contributed by atoms with Gasteiger partial charge in [-0.25, -0.2) is 4.39 Å². The fraction of sp³-hybridized carbons (Fsp3) is 0.0769. The lowest BCUT2D eigenvalue weighted by atomic mass is 10.0. The van der Waals surface area contributed by atoms with Gasteiger partial charge in [-0.05, 0) is 12.1 Å². The number of hydrogen-bond donors (Lipinski definition) is 1. The standard InChI is InChI=1S/C13H9FS/c14-13-8-7-10(4-3-9-15)11-5-1-2-6-12(11)13/h1-2,5-8,15H,9H2. The SMILES string of the molecule is Fc1ccc(C#CCS)c2ccccc12. The summed E-state index contributed by atoms with van der Waals surface area (Å²) in [4.78, 5) is 0. The molecule has 0 aliphatic rings. The minimum Gasteiger partial charge on any atom is -0.206 e. The van der Waals surface area contributed by atoms with E-state index in [2.05, 4.69) is 24.5 Å². The second-order valence-electron chi connectivity index (χ2n) is 3.10. The van der Waals surface area contributed by atoms with Gasteiger partial charge in [0.05, 0.1) is 5.75 Å². The Labute approximate surface area is 93.5 Å². The summed E-state index contributed by atoms with van der Waals surface area (Å²) >= 11 is 4.02. The molecular weight excluding hydrogens is 207 g/mol. The summed E-state index contributed by atoms with van der Waals surface area (Å²) in [6.45, 7) is 0. The summed E-state index contributed by atoms with van der Waals surface area (Å²) in [5, 5.41) is 1.47. The molecule has 0 spiro atoms. The Morgan fingerprint density at radius 3 is 2.53 bits per heavy atom. The van der Waals surface area contributed by atoms with Gasteiger partial charge in [-0.1, -0.05) is 36.1 Å². The fourth-order valence-corrected chi connectivity index (χ4v) is 1.59. The molecule has 0 bridgehead atoms. The largest absolute Gasteiger partial charge is 0.206 e. The molecule has 0 atom stereocenters. The summed E-state index contributed by atoms with van der Waals surface area (Å²) in [6, 6.07) is 10.5. The van der Waals surface area contributed by atoms with Gasteiger partial charge in [0, 0.05) is 16.3 Å². The molecule has 0 unspecified atom stereocenters. The Morgan fingerprint density at radius 1 is 1.07 bits per heavy atom. The highest BCUT2D eigenvalue weighted by Gasteiger charge is 2.02. The fourth-order valence-electron chi connectivity index (χ4n) is 1.51. The number of fused-ring (bicyclic) bond motifs is 1. The third kappa shape index (κ3) is 1.98. The smallest absolute Gasteiger partial charge is 0.131 e. The summed E-state index contributed by atoms with van der Waals surface area (Å²) in [5.74, 6) is 6.14. The zero-order valence-corrected chi connectivity index (χ0v) is 8.89. The first-order valence-electron chi connectivity index (χ1n) is 4.60. The highest BCUT2D eigenvalue weighted by molar-refractivity contribution is 7.80. The van der Waals surface area contributed by atoms with Crippen LogP contribution in [0.25, 0.3) is 10.8 Å². The molecule has 0 aliphatic heterocycles. The molecule has 2 aromatic rings. The Kier molecular flexibility index (Phi) is 2.94. The van der Waals surface area contributed by atoms with Gasteiger partial charge in [0.1, 0.15) is 5.82 Å². The van der Waals surface area contributed by atoms with Crippen molar-refractivity contribution in [3.05, 3.63) is 47.8 Å². The molecule has 0 nitrogen and oxygen atoms in total. The molecule has 74 valence electrons. The molecule has 0 N–H and O–H groups in total. The predicted molar refractivity (Wildman–Crippen MR) is 64.6 cm³/mol. The van der Waals surface area contributed by atoms with Gasteiger partial charge in [-0.3, -0.25) is 0 Å². The van der Waals surface area contributed by atoms with E-state index in [0.29, 0.717) is 11.1 Å². The topological polar surface area (TPSA) is 0 Å². The quantitative estimate of drug-likeness (QED) is 0.507. The van der Waals surface area contributed by atoms with Crippen LogP contribution in [0.5, 0.6) is 0 Å². The molecule has 2 heteroatoms. The molecule has 0 aliphatic carbocycles. The third-order valence-electron chi connectivity index (χ3n) is 2.17. The molecule has 0 aromatic heterocycles. The number of benzene rings is 2. The zero-order valence-electron chi connectivity index (χ0n) is 8.00. The lowest BCUT2D eigenvalue weighted by Gasteiger charge is -2.01. The number of thiol groups is 1. The average molecular weight is 216 g/mol. The normalized spacial score (nSPS) is 9.73. The van der Waals surface area contributed by atoms with Crippen LogP contribution in [-0.4, -0.2) is 5.75 Å². The van der Waals surface area contributed by atoms with E-state index in [-0.39, 0.29) is 5.82 Å². The predicted octanol–water partition coefficient (Wildman–Crippen LogP) is 3.26. The molecule has 2 aromatic carbocycles. The molecule has 0 amide bonds. The highest BCUT2D eigenvalue weighted by Crippen LogP contribution is 2.20. The Hall–Kier alpha value is -1.46. The van der Waals surface area contributed by atoms with Crippen LogP contribution in [0.4, 0.5) is 4.39 Å². The van der Waals surface area contributed by atoms with Gasteiger partial charge in [0.25, 0.3) is 0 Å². The van der Waals surface area contributed by atoms with E-state index in [0.717, 1.165) is 10.9 Å². The third-order valence-corrected chi connectivity index (χ3v) is 2.33. The van der Waals surface area contributed by atoms with Gasteiger partial charge in [-0.2, -0.15) is 12.6 Å². The van der Waals surface area contributed by atoms with Crippen molar-refractivity contribution < 1.29 is 4.39 Å². The first-order chi connectivity index (χ1) is 7.33. The lowest BCUT2D eigenvalue weighted by Crippen LogP contribution is -1.84. The second-order valence-corrected chi connectivity index (χ2v) is 3.42. The van der Waals surface area contributed by atoms with Crippen LogP contribution >= 0.6 is 12.6 Å². The Bertz CT molecular complexity index is 549. The molecule has 15 heavy (non-hydrogen) atoms.